The first-order chi connectivity index (χ1) is 13.2. The van der Waals surface area contributed by atoms with E-state index in [4.69, 9.17) is 4.74 Å². The molecule has 1 aliphatic heterocycles. The van der Waals surface area contributed by atoms with Crippen LogP contribution >= 0.6 is 0 Å². The normalized spacial score (nSPS) is 19.9. The van der Waals surface area contributed by atoms with E-state index < -0.39 is 6.35 Å². The van der Waals surface area contributed by atoms with E-state index in [0.29, 0.717) is 6.42 Å². The van der Waals surface area contributed by atoms with E-state index in [9.17, 15) is 4.79 Å². The summed E-state index contributed by atoms with van der Waals surface area (Å²) >= 11 is 0. The number of aromatic nitrogens is 2. The molecular formula is C21H28N4O2. The van der Waals surface area contributed by atoms with Gasteiger partial charge in [-0.05, 0) is 36.6 Å². The Morgan fingerprint density at radius 3 is 2.70 bits per heavy atom. The summed E-state index contributed by atoms with van der Waals surface area (Å²) in [5.41, 5.74) is 2.11. The van der Waals surface area contributed by atoms with E-state index in [1.54, 1.807) is 18.1 Å². The number of carbonyl (C=O) groups excluding carboxylic acids is 1. The number of benzene rings is 1. The molecular weight excluding hydrogens is 340 g/mol. The standard InChI is InChI=1S/C21H28N4O2/c1-3-4-5-6-7-16-8-10-17(11-9-16)27-21-24-19(14-20(26)25(21)2)18-12-13-22-15-23-18/h8-13,15,19,21,24H,3-7,14H2,1-2H3. The second-order valence-electron chi connectivity index (χ2n) is 6.99. The Kier molecular flexibility index (Phi) is 6.76. The maximum atomic E-state index is 12.4. The molecule has 0 radical (unpaired) electrons. The summed E-state index contributed by atoms with van der Waals surface area (Å²) in [5.74, 6) is 0.766. The highest BCUT2D eigenvalue weighted by Gasteiger charge is 2.33. The Hall–Kier alpha value is -2.47. The lowest BCUT2D eigenvalue weighted by atomic mass is 10.1. The first-order valence-electron chi connectivity index (χ1n) is 9.70. The Morgan fingerprint density at radius 1 is 1.19 bits per heavy atom. The number of unbranched alkanes of at least 4 members (excludes halogenated alkanes) is 3. The van der Waals surface area contributed by atoms with Gasteiger partial charge in [-0.2, -0.15) is 0 Å². The van der Waals surface area contributed by atoms with Gasteiger partial charge in [-0.1, -0.05) is 38.3 Å². The van der Waals surface area contributed by atoms with Crippen molar-refractivity contribution in [2.24, 2.45) is 0 Å². The van der Waals surface area contributed by atoms with Gasteiger partial charge >= 0.3 is 0 Å². The van der Waals surface area contributed by atoms with Crippen LogP contribution in [0, 0.1) is 0 Å². The summed E-state index contributed by atoms with van der Waals surface area (Å²) in [6, 6.07) is 9.80. The highest BCUT2D eigenvalue weighted by atomic mass is 16.5. The monoisotopic (exact) mass is 368 g/mol. The van der Waals surface area contributed by atoms with Crippen LogP contribution in [0.1, 0.15) is 56.3 Å². The van der Waals surface area contributed by atoms with Crippen molar-refractivity contribution >= 4 is 5.91 Å². The summed E-state index contributed by atoms with van der Waals surface area (Å²) in [6.07, 6.45) is 9.14. The summed E-state index contributed by atoms with van der Waals surface area (Å²) in [4.78, 5) is 22.2. The van der Waals surface area contributed by atoms with Crippen LogP contribution in [-0.4, -0.2) is 34.2 Å². The van der Waals surface area contributed by atoms with Gasteiger partial charge in [0.1, 0.15) is 12.1 Å². The molecule has 144 valence electrons. The smallest absolute Gasteiger partial charge is 0.232 e. The van der Waals surface area contributed by atoms with Crippen molar-refractivity contribution in [3.05, 3.63) is 54.1 Å². The second kappa shape index (κ2) is 9.46. The highest BCUT2D eigenvalue weighted by Crippen LogP contribution is 2.24. The largest absolute Gasteiger partial charge is 0.457 e. The third-order valence-electron chi connectivity index (χ3n) is 4.92. The molecule has 6 heteroatoms. The fraction of sp³-hybridized carbons (Fsp3) is 0.476. The molecule has 2 atom stereocenters. The lowest BCUT2D eigenvalue weighted by Gasteiger charge is -2.37. The van der Waals surface area contributed by atoms with Crippen molar-refractivity contribution in [3.8, 4) is 5.75 Å². The van der Waals surface area contributed by atoms with Gasteiger partial charge in [-0.15, -0.1) is 0 Å². The van der Waals surface area contributed by atoms with Crippen molar-refractivity contribution in [3.63, 3.8) is 0 Å². The maximum absolute atomic E-state index is 12.4. The van der Waals surface area contributed by atoms with E-state index in [-0.39, 0.29) is 11.9 Å². The van der Waals surface area contributed by atoms with E-state index in [1.807, 2.05) is 18.2 Å². The number of rotatable bonds is 8. The Labute approximate surface area is 161 Å². The van der Waals surface area contributed by atoms with Gasteiger partial charge in [0.05, 0.1) is 11.7 Å². The molecule has 6 nitrogen and oxygen atoms in total. The summed E-state index contributed by atoms with van der Waals surface area (Å²) in [7, 11) is 1.75. The average Bonchev–Trinajstić information content (AvgIpc) is 2.70. The molecule has 1 fully saturated rings. The topological polar surface area (TPSA) is 67.3 Å². The number of nitrogens with zero attached hydrogens (tertiary/aromatic N) is 3. The third-order valence-corrected chi connectivity index (χ3v) is 4.92. The van der Waals surface area contributed by atoms with Crippen LogP contribution in [-0.2, 0) is 11.2 Å². The quantitative estimate of drug-likeness (QED) is 0.723. The minimum atomic E-state index is -0.526. The fourth-order valence-corrected chi connectivity index (χ4v) is 3.22. The van der Waals surface area contributed by atoms with E-state index in [0.717, 1.165) is 17.9 Å². The molecule has 1 aromatic heterocycles. The molecule has 0 saturated carbocycles. The van der Waals surface area contributed by atoms with Crippen molar-refractivity contribution in [1.82, 2.24) is 20.2 Å². The molecule has 2 heterocycles. The van der Waals surface area contributed by atoms with Crippen molar-refractivity contribution in [1.29, 1.82) is 0 Å². The molecule has 1 aromatic carbocycles. The predicted octanol–water partition coefficient (Wildman–Crippen LogP) is 3.45. The van der Waals surface area contributed by atoms with E-state index in [1.165, 1.54) is 37.6 Å². The molecule has 1 amide bonds. The van der Waals surface area contributed by atoms with Crippen LogP contribution in [0.25, 0.3) is 0 Å². The molecule has 27 heavy (non-hydrogen) atoms. The van der Waals surface area contributed by atoms with E-state index in [2.05, 4.69) is 34.3 Å². The molecule has 1 aliphatic rings. The van der Waals surface area contributed by atoms with E-state index >= 15 is 0 Å². The summed E-state index contributed by atoms with van der Waals surface area (Å²) < 4.78 is 6.04. The zero-order valence-electron chi connectivity index (χ0n) is 16.1. The Morgan fingerprint density at radius 2 is 2.00 bits per heavy atom. The lowest BCUT2D eigenvalue weighted by Crippen LogP contribution is -2.56. The van der Waals surface area contributed by atoms with Crippen molar-refractivity contribution < 1.29 is 9.53 Å². The fourth-order valence-electron chi connectivity index (χ4n) is 3.22. The lowest BCUT2D eigenvalue weighted by molar-refractivity contribution is -0.146. The molecule has 2 aromatic rings. The van der Waals surface area contributed by atoms with Gasteiger partial charge < -0.3 is 4.74 Å². The Bertz CT molecular complexity index is 721. The first-order valence-corrected chi connectivity index (χ1v) is 9.70. The number of carbonyl (C=O) groups is 1. The zero-order chi connectivity index (χ0) is 19.1. The van der Waals surface area contributed by atoms with Gasteiger partial charge in [0.25, 0.3) is 0 Å². The number of hydrogen-bond acceptors (Lipinski definition) is 5. The molecule has 1 N–H and O–H groups in total. The van der Waals surface area contributed by atoms with Gasteiger partial charge in [0.15, 0.2) is 0 Å². The molecule has 0 bridgehead atoms. The van der Waals surface area contributed by atoms with Crippen molar-refractivity contribution in [2.75, 3.05) is 7.05 Å². The molecule has 2 unspecified atom stereocenters. The minimum Gasteiger partial charge on any atom is -0.457 e. The van der Waals surface area contributed by atoms with Gasteiger partial charge in [-0.25, -0.2) is 9.97 Å². The second-order valence-corrected chi connectivity index (χ2v) is 6.99. The zero-order valence-corrected chi connectivity index (χ0v) is 16.1. The average molecular weight is 368 g/mol. The predicted molar refractivity (Wildman–Crippen MR) is 104 cm³/mol. The molecule has 0 aliphatic carbocycles. The van der Waals surface area contributed by atoms with Crippen LogP contribution in [0.4, 0.5) is 0 Å². The van der Waals surface area contributed by atoms with Crippen molar-refractivity contribution in [2.45, 2.75) is 57.8 Å². The minimum absolute atomic E-state index is 0.0231. The van der Waals surface area contributed by atoms with Gasteiger partial charge in [0.2, 0.25) is 12.3 Å². The molecule has 0 spiro atoms. The van der Waals surface area contributed by atoms with Crippen LogP contribution in [0.15, 0.2) is 42.9 Å². The van der Waals surface area contributed by atoms with Gasteiger partial charge in [0, 0.05) is 19.7 Å². The summed E-state index contributed by atoms with van der Waals surface area (Å²) in [6.45, 7) is 2.22. The number of aryl methyl sites for hydroxylation is 1. The molecule has 1 saturated heterocycles. The number of ether oxygens (including phenoxy) is 1. The SMILES string of the molecule is CCCCCCc1ccc(OC2NC(c3ccncn3)CC(=O)N2C)cc1. The third kappa shape index (κ3) is 5.26. The van der Waals surface area contributed by atoms with Crippen LogP contribution in [0.3, 0.4) is 0 Å². The number of hydrogen-bond donors (Lipinski definition) is 1. The van der Waals surface area contributed by atoms with Gasteiger partial charge in [-0.3, -0.25) is 15.0 Å². The highest BCUT2D eigenvalue weighted by molar-refractivity contribution is 5.77. The Balaban J connectivity index is 1.60. The molecule has 3 rings (SSSR count). The van der Waals surface area contributed by atoms with Crippen LogP contribution in [0.2, 0.25) is 0 Å². The first kappa shape index (κ1) is 19.3. The number of nitrogens with one attached hydrogen (secondary N) is 1. The van der Waals surface area contributed by atoms with Crippen LogP contribution in [0.5, 0.6) is 5.75 Å². The number of amides is 1. The van der Waals surface area contributed by atoms with Crippen LogP contribution < -0.4 is 10.1 Å². The maximum Gasteiger partial charge on any atom is 0.232 e. The summed E-state index contributed by atoms with van der Waals surface area (Å²) in [5, 5.41) is 3.35.